The van der Waals surface area contributed by atoms with Crippen molar-refractivity contribution in [1.82, 2.24) is 4.98 Å². The van der Waals surface area contributed by atoms with Crippen LogP contribution in [0.25, 0.3) is 11.1 Å². The summed E-state index contributed by atoms with van der Waals surface area (Å²) in [4.78, 5) is 5.21. The van der Waals surface area contributed by atoms with Crippen LogP contribution in [-0.4, -0.2) is 25.5 Å². The van der Waals surface area contributed by atoms with E-state index in [2.05, 4.69) is 47.7 Å². The third-order valence-corrected chi connectivity index (χ3v) is 14.4. The van der Waals surface area contributed by atoms with Gasteiger partial charge in [0.25, 0.3) is 0 Å². The van der Waals surface area contributed by atoms with Crippen molar-refractivity contribution in [3.05, 3.63) is 51.8 Å². The van der Waals surface area contributed by atoms with Gasteiger partial charge in [-0.3, -0.25) is 4.98 Å². The third-order valence-electron chi connectivity index (χ3n) is 9.92. The number of halogens is 3. The Morgan fingerprint density at radius 3 is 2.26 bits per heavy atom. The molecule has 2 unspecified atom stereocenters. The van der Waals surface area contributed by atoms with Gasteiger partial charge in [-0.2, -0.15) is 13.2 Å². The Balaban J connectivity index is 2.16. The van der Waals surface area contributed by atoms with Crippen LogP contribution < -0.4 is 0 Å². The van der Waals surface area contributed by atoms with Gasteiger partial charge < -0.3 is 14.3 Å². The number of aliphatic hydroxyl groups is 1. The second-order valence-corrected chi connectivity index (χ2v) is 19.6. The van der Waals surface area contributed by atoms with Crippen molar-refractivity contribution in [2.75, 3.05) is 7.11 Å². The minimum Gasteiger partial charge on any atom is -0.410 e. The second kappa shape index (κ2) is 12.0. The molecule has 1 fully saturated rings. The van der Waals surface area contributed by atoms with Gasteiger partial charge in [0.05, 0.1) is 30.1 Å². The van der Waals surface area contributed by atoms with Gasteiger partial charge in [0.1, 0.15) is 0 Å². The summed E-state index contributed by atoms with van der Waals surface area (Å²) < 4.78 is 57.1. The number of benzene rings is 1. The van der Waals surface area contributed by atoms with E-state index >= 15 is 0 Å². The molecule has 4 nitrogen and oxygen atoms in total. The summed E-state index contributed by atoms with van der Waals surface area (Å²) >= 11 is 0. The SMILES string of the molecule is COC(C)c1nc2c(c(C3CCCCC3)c1-c1cc(CO)ccc1C(F)(F)F)C(O[Si](C)(C)C(C)(C)C)CC(C)(C)C2. The average Bonchev–Trinajstić information content (AvgIpc) is 2.89. The highest BCUT2D eigenvalue weighted by Gasteiger charge is 2.46. The zero-order valence-electron chi connectivity index (χ0n) is 27.0. The Labute approximate surface area is 251 Å². The number of rotatable bonds is 7. The van der Waals surface area contributed by atoms with E-state index in [1.54, 1.807) is 7.11 Å². The molecule has 0 saturated heterocycles. The molecule has 2 aliphatic rings. The molecule has 2 aliphatic carbocycles. The van der Waals surface area contributed by atoms with Crippen LogP contribution in [0.2, 0.25) is 18.1 Å². The summed E-state index contributed by atoms with van der Waals surface area (Å²) in [7, 11) is -0.674. The Hall–Kier alpha value is -1.74. The zero-order chi connectivity index (χ0) is 31.3. The lowest BCUT2D eigenvalue weighted by atomic mass is 9.69. The Morgan fingerprint density at radius 1 is 1.07 bits per heavy atom. The van der Waals surface area contributed by atoms with Gasteiger partial charge in [0.2, 0.25) is 0 Å². The fourth-order valence-electron chi connectivity index (χ4n) is 6.59. The molecule has 42 heavy (non-hydrogen) atoms. The molecule has 1 heterocycles. The maximum Gasteiger partial charge on any atom is 0.417 e. The lowest BCUT2D eigenvalue weighted by Gasteiger charge is -2.46. The topological polar surface area (TPSA) is 51.6 Å². The van der Waals surface area contributed by atoms with E-state index in [-0.39, 0.29) is 34.6 Å². The molecular weight excluding hydrogens is 555 g/mol. The molecular formula is C34H50F3NO3Si. The quantitative estimate of drug-likeness (QED) is 0.319. The van der Waals surface area contributed by atoms with Crippen molar-refractivity contribution < 1.29 is 27.4 Å². The number of pyridine rings is 1. The van der Waals surface area contributed by atoms with E-state index in [0.29, 0.717) is 16.8 Å². The highest BCUT2D eigenvalue weighted by Crippen LogP contribution is 2.54. The van der Waals surface area contributed by atoms with Crippen LogP contribution in [0.4, 0.5) is 13.2 Å². The highest BCUT2D eigenvalue weighted by atomic mass is 28.4. The average molecular weight is 606 g/mol. The molecule has 0 spiro atoms. The largest absolute Gasteiger partial charge is 0.417 e. The summed E-state index contributed by atoms with van der Waals surface area (Å²) in [5.41, 5.74) is 3.72. The maximum atomic E-state index is 14.7. The zero-order valence-corrected chi connectivity index (χ0v) is 28.0. The monoisotopic (exact) mass is 605 g/mol. The van der Waals surface area contributed by atoms with E-state index < -0.39 is 26.2 Å². The second-order valence-electron chi connectivity index (χ2n) is 14.8. The van der Waals surface area contributed by atoms with Gasteiger partial charge in [0, 0.05) is 23.9 Å². The molecule has 0 amide bonds. The Bertz CT molecular complexity index is 1280. The number of nitrogens with zero attached hydrogens (tertiary/aromatic N) is 1. The molecule has 1 aromatic carbocycles. The first-order chi connectivity index (χ1) is 19.4. The van der Waals surface area contributed by atoms with Crippen LogP contribution in [0.1, 0.15) is 132 Å². The molecule has 2 atom stereocenters. The lowest BCUT2D eigenvalue weighted by molar-refractivity contribution is -0.137. The Morgan fingerprint density at radius 2 is 1.71 bits per heavy atom. The molecule has 1 aromatic heterocycles. The van der Waals surface area contributed by atoms with Crippen LogP contribution in [-0.2, 0) is 28.4 Å². The summed E-state index contributed by atoms with van der Waals surface area (Å²) in [6.45, 7) is 17.1. The molecule has 1 N–H and O–H groups in total. The number of hydrogen-bond acceptors (Lipinski definition) is 4. The van der Waals surface area contributed by atoms with E-state index in [0.717, 1.165) is 67.8 Å². The van der Waals surface area contributed by atoms with Gasteiger partial charge >= 0.3 is 6.18 Å². The van der Waals surface area contributed by atoms with Crippen LogP contribution >= 0.6 is 0 Å². The predicted octanol–water partition coefficient (Wildman–Crippen LogP) is 10.1. The first-order valence-corrected chi connectivity index (χ1v) is 18.4. The molecule has 4 rings (SSSR count). The number of fused-ring (bicyclic) bond motifs is 1. The summed E-state index contributed by atoms with van der Waals surface area (Å²) in [6, 6.07) is 3.99. The minimum absolute atomic E-state index is 0.0283. The molecule has 1 saturated carbocycles. The fraction of sp³-hybridized carbons (Fsp3) is 0.676. The smallest absolute Gasteiger partial charge is 0.410 e. The highest BCUT2D eigenvalue weighted by molar-refractivity contribution is 6.74. The van der Waals surface area contributed by atoms with Crippen molar-refractivity contribution in [2.45, 2.75) is 136 Å². The first-order valence-electron chi connectivity index (χ1n) is 15.5. The number of hydrogen-bond donors (Lipinski definition) is 1. The fourth-order valence-corrected chi connectivity index (χ4v) is 7.86. The number of aliphatic hydroxyl groups excluding tert-OH is 1. The van der Waals surface area contributed by atoms with Gasteiger partial charge in [-0.15, -0.1) is 0 Å². The van der Waals surface area contributed by atoms with Crippen molar-refractivity contribution in [2.24, 2.45) is 5.41 Å². The van der Waals surface area contributed by atoms with Gasteiger partial charge in [-0.05, 0) is 90.9 Å². The number of alkyl halides is 3. The van der Waals surface area contributed by atoms with Gasteiger partial charge in [-0.1, -0.05) is 59.9 Å². The molecule has 234 valence electrons. The third kappa shape index (κ3) is 6.67. The van der Waals surface area contributed by atoms with E-state index in [9.17, 15) is 18.3 Å². The van der Waals surface area contributed by atoms with Crippen molar-refractivity contribution in [3.63, 3.8) is 0 Å². The number of methoxy groups -OCH3 is 1. The molecule has 0 aliphatic heterocycles. The summed E-state index contributed by atoms with van der Waals surface area (Å²) in [5.74, 6) is 0.0962. The minimum atomic E-state index is -4.57. The normalized spacial score (nSPS) is 20.8. The predicted molar refractivity (Wildman–Crippen MR) is 165 cm³/mol. The maximum absolute atomic E-state index is 14.7. The molecule has 0 bridgehead atoms. The van der Waals surface area contributed by atoms with Gasteiger partial charge in [0.15, 0.2) is 8.32 Å². The number of aromatic nitrogens is 1. The van der Waals surface area contributed by atoms with Crippen LogP contribution in [0.5, 0.6) is 0 Å². The van der Waals surface area contributed by atoms with Crippen molar-refractivity contribution in [1.29, 1.82) is 0 Å². The summed E-state index contributed by atoms with van der Waals surface area (Å²) in [6.07, 6.45) is 1.22. The molecule has 8 heteroatoms. The van der Waals surface area contributed by atoms with Crippen LogP contribution in [0.3, 0.4) is 0 Å². The molecule has 2 aromatic rings. The Kier molecular flexibility index (Phi) is 9.46. The van der Waals surface area contributed by atoms with Crippen molar-refractivity contribution >= 4 is 8.32 Å². The molecule has 0 radical (unpaired) electrons. The lowest BCUT2D eigenvalue weighted by Crippen LogP contribution is -2.44. The van der Waals surface area contributed by atoms with E-state index in [4.69, 9.17) is 14.1 Å². The van der Waals surface area contributed by atoms with Crippen LogP contribution in [0.15, 0.2) is 18.2 Å². The van der Waals surface area contributed by atoms with E-state index in [1.165, 1.54) is 12.1 Å². The van der Waals surface area contributed by atoms with Crippen molar-refractivity contribution in [3.8, 4) is 11.1 Å². The number of ether oxygens (including phenoxy) is 1. The summed E-state index contributed by atoms with van der Waals surface area (Å²) in [5, 5.41) is 9.98. The first kappa shape index (κ1) is 33.2. The standard InChI is InChI=1S/C34H50F3NO3Si/c1-21(40-7)31-29(24-17-22(20-39)15-16-25(24)34(35,36)37)28(23-13-11-10-12-14-23)30-26(38-31)18-33(5,6)19-27(30)41-42(8,9)32(2,3)4/h15-17,21,23,27,39H,10-14,18-20H2,1-9H3. The van der Waals surface area contributed by atoms with Gasteiger partial charge in [-0.25, -0.2) is 0 Å². The van der Waals surface area contributed by atoms with Crippen LogP contribution in [0, 0.1) is 5.41 Å². The van der Waals surface area contributed by atoms with E-state index in [1.807, 2.05) is 6.92 Å².